The van der Waals surface area contributed by atoms with Crippen LogP contribution < -0.4 is 14.8 Å². The topological polar surface area (TPSA) is 145 Å². The van der Waals surface area contributed by atoms with Crippen LogP contribution in [0.15, 0.2) is 41.3 Å². The fourth-order valence-corrected chi connectivity index (χ4v) is 5.20. The van der Waals surface area contributed by atoms with Crippen LogP contribution in [0, 0.1) is 36.8 Å². The molecule has 0 unspecified atom stereocenters. The fourth-order valence-electron chi connectivity index (χ4n) is 3.73. The van der Waals surface area contributed by atoms with Crippen molar-refractivity contribution in [1.29, 1.82) is 0 Å². The van der Waals surface area contributed by atoms with Crippen molar-refractivity contribution in [3.63, 3.8) is 0 Å². The number of amides is 1. The molecule has 1 heterocycles. The Morgan fingerprint density at radius 2 is 1.82 bits per heavy atom. The molecule has 0 saturated carbocycles. The zero-order chi connectivity index (χ0) is 29.1. The van der Waals surface area contributed by atoms with Gasteiger partial charge in [0.1, 0.15) is 10.6 Å². The third-order valence-electron chi connectivity index (χ3n) is 6.15. The van der Waals surface area contributed by atoms with Gasteiger partial charge in [0.05, 0.1) is 10.6 Å². The van der Waals surface area contributed by atoms with E-state index in [1.165, 1.54) is 16.8 Å². The summed E-state index contributed by atoms with van der Waals surface area (Å²) in [6, 6.07) is 8.67. The van der Waals surface area contributed by atoms with Crippen molar-refractivity contribution in [2.45, 2.75) is 65.8 Å². The van der Waals surface area contributed by atoms with Crippen molar-refractivity contribution >= 4 is 21.6 Å². The summed E-state index contributed by atoms with van der Waals surface area (Å²) in [6.07, 6.45) is 0.512. The van der Waals surface area contributed by atoms with Crippen molar-refractivity contribution in [2.24, 2.45) is 5.92 Å². The summed E-state index contributed by atoms with van der Waals surface area (Å²) in [5.74, 6) is -0.200. The molecule has 0 saturated heterocycles. The van der Waals surface area contributed by atoms with Gasteiger partial charge in [-0.05, 0) is 63.3 Å². The second-order valence-electron chi connectivity index (χ2n) is 10.0. The van der Waals surface area contributed by atoms with E-state index >= 15 is 0 Å². The van der Waals surface area contributed by atoms with Gasteiger partial charge in [-0.1, -0.05) is 32.9 Å². The van der Waals surface area contributed by atoms with E-state index in [4.69, 9.17) is 4.74 Å². The summed E-state index contributed by atoms with van der Waals surface area (Å²) in [5.41, 5.74) is 2.53. The van der Waals surface area contributed by atoms with Gasteiger partial charge in [0, 0.05) is 30.3 Å². The van der Waals surface area contributed by atoms with E-state index in [-0.39, 0.29) is 23.2 Å². The highest BCUT2D eigenvalue weighted by atomic mass is 32.2. The Morgan fingerprint density at radius 3 is 2.44 bits per heavy atom. The first-order valence-corrected chi connectivity index (χ1v) is 14.2. The van der Waals surface area contributed by atoms with Crippen molar-refractivity contribution in [3.8, 4) is 17.3 Å². The van der Waals surface area contributed by atoms with E-state index in [0.717, 1.165) is 17.2 Å². The van der Waals surface area contributed by atoms with Crippen LogP contribution >= 0.6 is 0 Å². The van der Waals surface area contributed by atoms with E-state index in [0.29, 0.717) is 24.2 Å². The van der Waals surface area contributed by atoms with E-state index in [9.17, 15) is 23.3 Å². The molecule has 0 aliphatic heterocycles. The maximum Gasteiger partial charge on any atom is 0.272 e. The van der Waals surface area contributed by atoms with Crippen LogP contribution in [-0.2, 0) is 10.0 Å². The Balaban J connectivity index is 2.23. The average Bonchev–Trinajstić information content (AvgIpc) is 3.19. The standard InChI is InChI=1S/C27H35N5O6S/c1-8-19(6)30-39(36,37)24-14-21(32(34)35)11-12-23(24)38-27-20(7)25(26(33)28-15-16(2)3)29-31(27)22-13-17(4)9-10-18(22)5/h9-14,16,19,30H,8,15H2,1-7H3,(H,28,33)/t19-/m0/s1. The lowest BCUT2D eigenvalue weighted by atomic mass is 10.1. The molecule has 3 aromatic rings. The Bertz CT molecular complexity index is 1500. The van der Waals surface area contributed by atoms with Crippen LogP contribution in [0.5, 0.6) is 11.6 Å². The van der Waals surface area contributed by atoms with Crippen LogP contribution in [0.1, 0.15) is 61.3 Å². The molecule has 11 nitrogen and oxygen atoms in total. The molecule has 210 valence electrons. The number of carbonyl (C=O) groups is 1. The molecule has 39 heavy (non-hydrogen) atoms. The molecule has 0 aliphatic rings. The molecule has 1 atom stereocenters. The quantitative estimate of drug-likeness (QED) is 0.250. The van der Waals surface area contributed by atoms with Crippen molar-refractivity contribution in [1.82, 2.24) is 19.8 Å². The molecule has 0 aliphatic carbocycles. The lowest BCUT2D eigenvalue weighted by molar-refractivity contribution is -0.385. The lowest BCUT2D eigenvalue weighted by Gasteiger charge is -2.17. The van der Waals surface area contributed by atoms with E-state index in [1.54, 1.807) is 13.8 Å². The summed E-state index contributed by atoms with van der Waals surface area (Å²) in [5, 5.41) is 18.9. The number of aryl methyl sites for hydroxylation is 2. The summed E-state index contributed by atoms with van der Waals surface area (Å²) >= 11 is 0. The van der Waals surface area contributed by atoms with E-state index < -0.39 is 37.5 Å². The van der Waals surface area contributed by atoms with E-state index in [2.05, 4.69) is 15.1 Å². The highest BCUT2D eigenvalue weighted by molar-refractivity contribution is 7.89. The second kappa shape index (κ2) is 12.0. The van der Waals surface area contributed by atoms with Gasteiger partial charge in [0.2, 0.25) is 15.9 Å². The molecule has 2 aromatic carbocycles. The molecule has 2 N–H and O–H groups in total. The minimum absolute atomic E-state index is 0.118. The second-order valence-corrected chi connectivity index (χ2v) is 11.7. The number of rotatable bonds is 11. The van der Waals surface area contributed by atoms with Crippen LogP contribution in [-0.4, -0.2) is 41.6 Å². The average molecular weight is 558 g/mol. The summed E-state index contributed by atoms with van der Waals surface area (Å²) in [6.45, 7) is 13.3. The summed E-state index contributed by atoms with van der Waals surface area (Å²) in [7, 11) is -4.20. The first-order valence-electron chi connectivity index (χ1n) is 12.7. The van der Waals surface area contributed by atoms with Crippen LogP contribution in [0.3, 0.4) is 0 Å². The van der Waals surface area contributed by atoms with Crippen LogP contribution in [0.25, 0.3) is 5.69 Å². The van der Waals surface area contributed by atoms with Gasteiger partial charge in [-0.3, -0.25) is 14.9 Å². The number of aromatic nitrogens is 2. The van der Waals surface area contributed by atoms with Gasteiger partial charge >= 0.3 is 0 Å². The maximum absolute atomic E-state index is 13.3. The summed E-state index contributed by atoms with van der Waals surface area (Å²) in [4.78, 5) is 23.5. The third-order valence-corrected chi connectivity index (χ3v) is 7.76. The first kappa shape index (κ1) is 29.8. The van der Waals surface area contributed by atoms with Gasteiger partial charge in [-0.2, -0.15) is 9.78 Å². The van der Waals surface area contributed by atoms with Gasteiger partial charge < -0.3 is 10.1 Å². The highest BCUT2D eigenvalue weighted by Crippen LogP contribution is 2.36. The predicted octanol–water partition coefficient (Wildman–Crippen LogP) is 4.96. The number of carbonyl (C=O) groups excluding carboxylic acids is 1. The summed E-state index contributed by atoms with van der Waals surface area (Å²) < 4.78 is 36.8. The van der Waals surface area contributed by atoms with Crippen LogP contribution in [0.2, 0.25) is 0 Å². The van der Waals surface area contributed by atoms with Crippen molar-refractivity contribution in [2.75, 3.05) is 6.54 Å². The molecule has 0 spiro atoms. The number of nitrogens with zero attached hydrogens (tertiary/aromatic N) is 3. The Labute approximate surface area is 228 Å². The Kier molecular flexibility index (Phi) is 9.13. The van der Waals surface area contributed by atoms with Gasteiger partial charge in [0.25, 0.3) is 11.6 Å². The lowest BCUT2D eigenvalue weighted by Crippen LogP contribution is -2.32. The van der Waals surface area contributed by atoms with E-state index in [1.807, 2.05) is 52.8 Å². The Morgan fingerprint density at radius 1 is 1.13 bits per heavy atom. The molecular formula is C27H35N5O6S. The number of nitro groups is 1. The molecule has 3 rings (SSSR count). The number of hydrogen-bond donors (Lipinski definition) is 2. The molecule has 0 radical (unpaired) electrons. The molecule has 0 fully saturated rings. The number of benzene rings is 2. The number of nitro benzene ring substituents is 1. The predicted molar refractivity (Wildman–Crippen MR) is 148 cm³/mol. The van der Waals surface area contributed by atoms with Gasteiger partial charge in [0.15, 0.2) is 5.69 Å². The first-order chi connectivity index (χ1) is 18.2. The largest absolute Gasteiger partial charge is 0.437 e. The number of hydrogen-bond acceptors (Lipinski definition) is 7. The van der Waals surface area contributed by atoms with Crippen molar-refractivity contribution < 1.29 is 22.9 Å². The zero-order valence-corrected chi connectivity index (χ0v) is 24.0. The smallest absolute Gasteiger partial charge is 0.272 e. The molecule has 1 amide bonds. The normalized spacial score (nSPS) is 12.4. The fraction of sp³-hybridized carbons (Fsp3) is 0.407. The maximum atomic E-state index is 13.3. The number of ether oxygens (including phenoxy) is 1. The van der Waals surface area contributed by atoms with Gasteiger partial charge in [-0.15, -0.1) is 0 Å². The van der Waals surface area contributed by atoms with Crippen molar-refractivity contribution in [3.05, 3.63) is 68.9 Å². The molecule has 0 bridgehead atoms. The molecular weight excluding hydrogens is 522 g/mol. The van der Waals surface area contributed by atoms with Gasteiger partial charge in [-0.25, -0.2) is 13.1 Å². The number of nitrogens with one attached hydrogen (secondary N) is 2. The minimum Gasteiger partial charge on any atom is -0.437 e. The Hall–Kier alpha value is -3.77. The zero-order valence-electron chi connectivity index (χ0n) is 23.2. The highest BCUT2D eigenvalue weighted by Gasteiger charge is 2.29. The molecule has 1 aromatic heterocycles. The molecule has 12 heteroatoms. The SMILES string of the molecule is CC[C@H](C)NS(=O)(=O)c1cc([N+](=O)[O-])ccc1Oc1c(C)c(C(=O)NCC(C)C)nn1-c1cc(C)ccc1C. The monoisotopic (exact) mass is 557 g/mol. The number of sulfonamides is 1. The third kappa shape index (κ3) is 6.82. The minimum atomic E-state index is -4.20. The number of non-ortho nitro benzene ring substituents is 1. The van der Waals surface area contributed by atoms with Crippen LogP contribution in [0.4, 0.5) is 5.69 Å².